The Morgan fingerprint density at radius 2 is 1.08 bits per heavy atom. The van der Waals surface area contributed by atoms with Crippen LogP contribution in [0.5, 0.6) is 0 Å². The summed E-state index contributed by atoms with van der Waals surface area (Å²) in [5.41, 5.74) is -0.231. The highest BCUT2D eigenvalue weighted by Crippen LogP contribution is 2.42. The van der Waals surface area contributed by atoms with E-state index >= 15 is 0 Å². The summed E-state index contributed by atoms with van der Waals surface area (Å²) < 4.78 is 56.2. The van der Waals surface area contributed by atoms with Gasteiger partial charge in [0.05, 0.1) is 23.2 Å². The molecule has 8 bridgehead atoms. The largest absolute Gasteiger partial charge is 0.370 e. The molecule has 0 aliphatic carbocycles. The molecule has 0 aromatic carbocycles. The summed E-state index contributed by atoms with van der Waals surface area (Å²) in [5, 5.41) is 9.03. The van der Waals surface area contributed by atoms with Gasteiger partial charge in [0.25, 0.3) is 31.9 Å². The fraction of sp³-hybridized carbons (Fsp3) is 0.556. The van der Waals surface area contributed by atoms with Crippen molar-refractivity contribution in [2.45, 2.75) is 138 Å². The standard InChI is InChI=1S/C27H35N7O4S.C20H24ClN5O3S.C7H12N2O/c1-27(2)15-18-7-6-13-28-21-9-5-10-23(29-21)39(37,38)31-25(35)20-11-12-22(30-24(20)34(27)16-18)33-17-19-8-3-4-14-32(19)26(33)36;1-20(2)11-13-5-4-10-22-16-6-3-7-17(24-16)30(28,29)25-19(27)14-8-9-15(21)23-18(14)26(20)12-13;10-7-8-5-6-3-1-2-4-9(6)7/h5,9-12,18-19H,3-4,6-8,13-17H2,1-2H3,(H,28,29)(H,31,35);3,6-9,13H,4-5,10-12H2,1-2H3,(H,22,24)(H,25,27);6H,1-5H2,(H,8,10)/t18-,19?;13-;/m00./s1. The van der Waals surface area contributed by atoms with Crippen LogP contribution < -0.4 is 40.1 Å². The molecule has 8 aliphatic heterocycles. The van der Waals surface area contributed by atoms with Crippen LogP contribution >= 0.6 is 11.6 Å². The molecule has 2 unspecified atom stereocenters. The highest BCUT2D eigenvalue weighted by Gasteiger charge is 2.44. The quantitative estimate of drug-likeness (QED) is 0.122. The monoisotopic (exact) mass is 1140 g/mol. The molecule has 8 aliphatic rings. The smallest absolute Gasteiger partial charge is 0.326 e. The molecule has 5 N–H and O–H groups in total. The van der Waals surface area contributed by atoms with Crippen LogP contribution in [0.1, 0.15) is 125 Å². The average Bonchev–Trinajstić information content (AvgIpc) is 4.20. The summed E-state index contributed by atoms with van der Waals surface area (Å²) in [6, 6.07) is 16.4. The van der Waals surface area contributed by atoms with E-state index in [0.29, 0.717) is 73.1 Å². The summed E-state index contributed by atoms with van der Waals surface area (Å²) in [6.07, 6.45) is 12.4. The maximum atomic E-state index is 13.6. The van der Waals surface area contributed by atoms with Crippen LogP contribution in [-0.4, -0.2) is 146 Å². The molecule has 6 saturated heterocycles. The molecule has 6 fully saturated rings. The van der Waals surface area contributed by atoms with Crippen LogP contribution in [-0.2, 0) is 20.0 Å². The predicted molar refractivity (Wildman–Crippen MR) is 301 cm³/mol. The molecule has 4 aromatic rings. The summed E-state index contributed by atoms with van der Waals surface area (Å²) >= 11 is 6.14. The number of amides is 6. The van der Waals surface area contributed by atoms with Gasteiger partial charge >= 0.3 is 12.1 Å². The number of nitrogens with one attached hydrogen (secondary N) is 5. The van der Waals surface area contributed by atoms with Gasteiger partial charge in [-0.05, 0) is 165 Å². The third-order valence-electron chi connectivity index (χ3n) is 16.4. The van der Waals surface area contributed by atoms with Gasteiger partial charge in [0.15, 0.2) is 10.1 Å². The normalized spacial score (nSPS) is 25.6. The number of fused-ring (bicyclic) bond motifs is 14. The van der Waals surface area contributed by atoms with E-state index in [0.717, 1.165) is 84.0 Å². The van der Waals surface area contributed by atoms with Crippen molar-refractivity contribution >= 4 is 84.6 Å². The van der Waals surface area contributed by atoms with Crippen LogP contribution in [0.3, 0.4) is 0 Å². The second-order valence-corrected chi connectivity index (χ2v) is 26.7. The molecule has 0 saturated carbocycles. The Bertz CT molecular complexity index is 3220. The van der Waals surface area contributed by atoms with E-state index < -0.39 is 31.9 Å². The number of aromatic nitrogens is 4. The molecule has 4 aromatic heterocycles. The van der Waals surface area contributed by atoms with Gasteiger partial charge in [0.1, 0.15) is 34.2 Å². The predicted octanol–water partition coefficient (Wildman–Crippen LogP) is 6.82. The molecule has 12 rings (SSSR count). The number of nitrogens with zero attached hydrogens (tertiary/aromatic N) is 9. The van der Waals surface area contributed by atoms with E-state index in [9.17, 15) is 36.0 Å². The Morgan fingerprint density at radius 3 is 1.62 bits per heavy atom. The Labute approximate surface area is 467 Å². The molecule has 4 atom stereocenters. The molecular formula is C54H71ClN14O8S2. The summed E-state index contributed by atoms with van der Waals surface area (Å²) in [7, 11) is -8.38. The SMILES string of the molecule is CC1(C)C[C@@H]2CCCNc3cccc(n3)S(=O)(=O)NC(=O)c3ccc(Cl)nc3N1C2.CC1(C)C[C@@H]2CCCNc3cccc(n3)S(=O)(=O)NC(=O)c3ccc(N4CC5CCCCN5C4=O)nc3N1C2.O=C1NCC2CCCCN12. The van der Waals surface area contributed by atoms with Gasteiger partial charge < -0.3 is 35.6 Å². The lowest BCUT2D eigenvalue weighted by Gasteiger charge is -2.34. The Hall–Kier alpha value is -6.53. The molecule has 0 radical (unpaired) electrons. The van der Waals surface area contributed by atoms with E-state index in [1.165, 1.54) is 43.5 Å². The van der Waals surface area contributed by atoms with E-state index in [4.69, 9.17) is 16.6 Å². The van der Waals surface area contributed by atoms with Crippen LogP contribution in [0, 0.1) is 11.8 Å². The summed E-state index contributed by atoms with van der Waals surface area (Å²) in [5.74, 6) is 1.46. The first kappa shape index (κ1) is 55.8. The molecule has 424 valence electrons. The first-order chi connectivity index (χ1) is 37.7. The number of urea groups is 2. The lowest BCUT2D eigenvalue weighted by Crippen LogP contribution is -2.41. The second kappa shape index (κ2) is 22.5. The number of sulfonamides is 2. The summed E-state index contributed by atoms with van der Waals surface area (Å²) in [4.78, 5) is 78.3. The fourth-order valence-electron chi connectivity index (χ4n) is 12.5. The lowest BCUT2D eigenvalue weighted by molar-refractivity contribution is 0.0972. The van der Waals surface area contributed by atoms with Crippen molar-refractivity contribution < 1.29 is 36.0 Å². The van der Waals surface area contributed by atoms with Crippen molar-refractivity contribution in [3.8, 4) is 0 Å². The number of piperidine rings is 2. The van der Waals surface area contributed by atoms with Crippen molar-refractivity contribution in [3.05, 3.63) is 76.9 Å². The zero-order chi connectivity index (χ0) is 55.9. The number of halogens is 1. The van der Waals surface area contributed by atoms with Gasteiger partial charge in [-0.2, -0.15) is 16.8 Å². The van der Waals surface area contributed by atoms with Gasteiger partial charge in [-0.15, -0.1) is 0 Å². The maximum absolute atomic E-state index is 13.6. The Kier molecular flexibility index (Phi) is 15.9. The topological polar surface area (TPSA) is 264 Å². The first-order valence-electron chi connectivity index (χ1n) is 27.6. The number of carbonyl (C=O) groups excluding carboxylic acids is 4. The van der Waals surface area contributed by atoms with Gasteiger partial charge in [-0.1, -0.05) is 23.7 Å². The second-order valence-electron chi connectivity index (χ2n) is 23.0. The summed E-state index contributed by atoms with van der Waals surface area (Å²) in [6.45, 7) is 14.3. The van der Waals surface area contributed by atoms with Crippen LogP contribution in [0.2, 0.25) is 5.15 Å². The van der Waals surface area contributed by atoms with Crippen LogP contribution in [0.25, 0.3) is 0 Å². The minimum absolute atomic E-state index is 0.0617. The average molecular weight is 1140 g/mol. The molecule has 12 heterocycles. The van der Waals surface area contributed by atoms with Gasteiger partial charge in [-0.3, -0.25) is 14.5 Å². The fourth-order valence-corrected chi connectivity index (χ4v) is 14.6. The van der Waals surface area contributed by atoms with E-state index in [2.05, 4.69) is 77.8 Å². The number of rotatable bonds is 1. The molecule has 0 spiro atoms. The minimum Gasteiger partial charge on any atom is -0.370 e. The molecular weight excluding hydrogens is 1070 g/mol. The third kappa shape index (κ3) is 12.2. The molecule has 22 nitrogen and oxygen atoms in total. The zero-order valence-corrected chi connectivity index (χ0v) is 47.6. The molecule has 25 heteroatoms. The Balaban J connectivity index is 0.000000155. The number of hydrogen-bond donors (Lipinski definition) is 5. The van der Waals surface area contributed by atoms with Crippen LogP contribution in [0.15, 0.2) is 70.7 Å². The third-order valence-corrected chi connectivity index (χ3v) is 19.1. The van der Waals surface area contributed by atoms with Crippen molar-refractivity contribution in [1.29, 1.82) is 0 Å². The van der Waals surface area contributed by atoms with Gasteiger partial charge in [-0.25, -0.2) is 39.0 Å². The van der Waals surface area contributed by atoms with E-state index in [1.54, 1.807) is 41.3 Å². The Morgan fingerprint density at radius 1 is 0.557 bits per heavy atom. The number of pyridine rings is 4. The van der Waals surface area contributed by atoms with Crippen molar-refractivity contribution in [1.82, 2.24) is 44.5 Å². The number of anilines is 5. The van der Waals surface area contributed by atoms with E-state index in [-0.39, 0.29) is 55.5 Å². The minimum atomic E-state index is -4.23. The molecule has 79 heavy (non-hydrogen) atoms. The van der Waals surface area contributed by atoms with Crippen molar-refractivity contribution in [2.75, 3.05) is 77.7 Å². The highest BCUT2D eigenvalue weighted by molar-refractivity contribution is 7.90. The number of hydrogen-bond acceptors (Lipinski definition) is 16. The van der Waals surface area contributed by atoms with Crippen molar-refractivity contribution in [3.63, 3.8) is 0 Å². The van der Waals surface area contributed by atoms with Gasteiger partial charge in [0, 0.05) is 63.4 Å². The van der Waals surface area contributed by atoms with Crippen molar-refractivity contribution in [2.24, 2.45) is 11.8 Å². The highest BCUT2D eigenvalue weighted by atomic mass is 35.5. The maximum Gasteiger partial charge on any atom is 0.326 e. The first-order valence-corrected chi connectivity index (χ1v) is 30.9. The van der Waals surface area contributed by atoms with E-state index in [1.807, 2.05) is 9.80 Å². The number of carbonyl (C=O) groups is 4. The molecule has 6 amide bonds. The van der Waals surface area contributed by atoms with Gasteiger partial charge in [0.2, 0.25) is 0 Å². The zero-order valence-electron chi connectivity index (χ0n) is 45.2. The lowest BCUT2D eigenvalue weighted by atomic mass is 9.93. The van der Waals surface area contributed by atoms with Crippen LogP contribution in [0.4, 0.5) is 38.7 Å².